The van der Waals surface area contributed by atoms with Gasteiger partial charge >= 0.3 is 5.63 Å². The number of benzene rings is 2. The Labute approximate surface area is 198 Å². The molecule has 8 heteroatoms. The van der Waals surface area contributed by atoms with Crippen molar-refractivity contribution in [3.63, 3.8) is 0 Å². The molecule has 5 rings (SSSR count). The van der Waals surface area contributed by atoms with E-state index in [-0.39, 0.29) is 5.75 Å². The summed E-state index contributed by atoms with van der Waals surface area (Å²) in [4.78, 5) is 13.2. The Hall–Kier alpha value is -3.36. The van der Waals surface area contributed by atoms with Crippen molar-refractivity contribution in [1.82, 2.24) is 14.8 Å². The van der Waals surface area contributed by atoms with Crippen LogP contribution >= 0.6 is 23.1 Å². The average Bonchev–Trinajstić information content (AvgIpc) is 3.48. The van der Waals surface area contributed by atoms with Crippen molar-refractivity contribution in [2.75, 3.05) is 0 Å². The zero-order valence-electron chi connectivity index (χ0n) is 17.9. The number of phenols is 1. The van der Waals surface area contributed by atoms with Crippen LogP contribution in [0, 0.1) is 0 Å². The number of aromatic hydroxyl groups is 1. The van der Waals surface area contributed by atoms with Gasteiger partial charge in [-0.25, -0.2) is 4.79 Å². The van der Waals surface area contributed by atoms with E-state index in [4.69, 9.17) is 4.42 Å². The van der Waals surface area contributed by atoms with Crippen LogP contribution in [-0.2, 0) is 18.7 Å². The molecule has 0 atom stereocenters. The van der Waals surface area contributed by atoms with Gasteiger partial charge in [-0.1, -0.05) is 55.1 Å². The lowest BCUT2D eigenvalue weighted by molar-refractivity contribution is 0.466. The lowest BCUT2D eigenvalue weighted by Gasteiger charge is -2.11. The first kappa shape index (κ1) is 21.5. The van der Waals surface area contributed by atoms with E-state index in [0.29, 0.717) is 24.3 Å². The molecule has 6 nitrogen and oxygen atoms in total. The topological polar surface area (TPSA) is 81.2 Å². The lowest BCUT2D eigenvalue weighted by Crippen LogP contribution is -2.04. The number of aryl methyl sites for hydroxylation is 1. The van der Waals surface area contributed by atoms with Crippen LogP contribution in [0.4, 0.5) is 0 Å². The highest BCUT2D eigenvalue weighted by atomic mass is 32.2. The summed E-state index contributed by atoms with van der Waals surface area (Å²) in [5.41, 5.74) is 2.76. The third kappa shape index (κ3) is 4.44. The molecule has 0 saturated heterocycles. The molecule has 5 aromatic rings. The number of phenolic OH excluding ortho intramolecular Hbond substituents is 1. The van der Waals surface area contributed by atoms with Gasteiger partial charge in [0.15, 0.2) is 11.0 Å². The van der Waals surface area contributed by atoms with E-state index in [1.165, 1.54) is 23.9 Å². The summed E-state index contributed by atoms with van der Waals surface area (Å²) in [6.45, 7) is 2.63. The zero-order chi connectivity index (χ0) is 22.8. The molecule has 0 aliphatic rings. The van der Waals surface area contributed by atoms with Gasteiger partial charge in [0.05, 0.1) is 11.4 Å². The summed E-state index contributed by atoms with van der Waals surface area (Å²) >= 11 is 3.16. The van der Waals surface area contributed by atoms with Crippen LogP contribution in [0.5, 0.6) is 5.75 Å². The summed E-state index contributed by atoms with van der Waals surface area (Å²) in [7, 11) is 0. The fourth-order valence-electron chi connectivity index (χ4n) is 3.74. The van der Waals surface area contributed by atoms with Crippen LogP contribution in [-0.4, -0.2) is 19.9 Å². The second kappa shape index (κ2) is 9.25. The largest absolute Gasteiger partial charge is 0.508 e. The molecule has 3 aromatic heterocycles. The predicted molar refractivity (Wildman–Crippen MR) is 132 cm³/mol. The minimum Gasteiger partial charge on any atom is -0.508 e. The van der Waals surface area contributed by atoms with E-state index in [1.807, 2.05) is 48.7 Å². The minimum absolute atomic E-state index is 0.140. The van der Waals surface area contributed by atoms with Gasteiger partial charge < -0.3 is 9.52 Å². The predicted octanol–water partition coefficient (Wildman–Crippen LogP) is 5.72. The molecule has 1 N–H and O–H groups in total. The highest BCUT2D eigenvalue weighted by Gasteiger charge is 2.17. The fraction of sp³-hybridized carbons (Fsp3) is 0.160. The van der Waals surface area contributed by atoms with Gasteiger partial charge in [0.2, 0.25) is 0 Å². The van der Waals surface area contributed by atoms with E-state index in [9.17, 15) is 9.90 Å². The Balaban J connectivity index is 1.51. The Morgan fingerprint density at radius 3 is 2.67 bits per heavy atom. The van der Waals surface area contributed by atoms with Gasteiger partial charge in [0.1, 0.15) is 11.3 Å². The number of hydrogen-bond donors (Lipinski definition) is 1. The molecule has 33 heavy (non-hydrogen) atoms. The second-order valence-corrected chi connectivity index (χ2v) is 9.46. The summed E-state index contributed by atoms with van der Waals surface area (Å²) in [6, 6.07) is 19.2. The Morgan fingerprint density at radius 2 is 1.91 bits per heavy atom. The molecule has 0 fully saturated rings. The van der Waals surface area contributed by atoms with E-state index < -0.39 is 5.63 Å². The van der Waals surface area contributed by atoms with Crippen molar-refractivity contribution in [2.24, 2.45) is 0 Å². The van der Waals surface area contributed by atoms with Crippen molar-refractivity contribution in [1.29, 1.82) is 0 Å². The standard InChI is InChI=1S/C25H21N3O3S2/c1-2-17-11-19-18(12-23(30)31-21(19)13-20(17)29)15-33-25-27-26-24(22-9-6-10-32-22)28(25)14-16-7-4-3-5-8-16/h3-13,29H,2,14-15H2,1H3. The van der Waals surface area contributed by atoms with Crippen LogP contribution in [0.25, 0.3) is 21.7 Å². The molecule has 0 radical (unpaired) electrons. The molecule has 0 aliphatic carbocycles. The first-order valence-electron chi connectivity index (χ1n) is 10.5. The van der Waals surface area contributed by atoms with E-state index in [2.05, 4.69) is 26.9 Å². The van der Waals surface area contributed by atoms with E-state index in [1.54, 1.807) is 11.3 Å². The van der Waals surface area contributed by atoms with Gasteiger partial charge in [-0.2, -0.15) is 0 Å². The van der Waals surface area contributed by atoms with Crippen molar-refractivity contribution in [3.05, 3.63) is 93.2 Å². The average molecular weight is 476 g/mol. The minimum atomic E-state index is -0.438. The zero-order valence-corrected chi connectivity index (χ0v) is 19.5. The van der Waals surface area contributed by atoms with E-state index >= 15 is 0 Å². The van der Waals surface area contributed by atoms with Crippen LogP contribution in [0.2, 0.25) is 0 Å². The summed E-state index contributed by atoms with van der Waals surface area (Å²) in [6.07, 6.45) is 0.684. The number of thioether (sulfide) groups is 1. The maximum Gasteiger partial charge on any atom is 0.336 e. The third-order valence-electron chi connectivity index (χ3n) is 5.41. The SMILES string of the molecule is CCc1cc2c(CSc3nnc(-c4cccs4)n3Cc3ccccc3)cc(=O)oc2cc1O. The molecule has 0 unspecified atom stereocenters. The maximum absolute atomic E-state index is 12.2. The monoisotopic (exact) mass is 475 g/mol. The molecule has 0 bridgehead atoms. The first-order valence-corrected chi connectivity index (χ1v) is 12.4. The quantitative estimate of drug-likeness (QED) is 0.239. The van der Waals surface area contributed by atoms with Gasteiger partial charge in [-0.3, -0.25) is 4.57 Å². The van der Waals surface area contributed by atoms with Crippen molar-refractivity contribution >= 4 is 34.1 Å². The number of nitrogens with zero attached hydrogens (tertiary/aromatic N) is 3. The maximum atomic E-state index is 12.2. The highest BCUT2D eigenvalue weighted by molar-refractivity contribution is 7.98. The molecule has 3 heterocycles. The van der Waals surface area contributed by atoms with Crippen LogP contribution in [0.3, 0.4) is 0 Å². The van der Waals surface area contributed by atoms with Crippen molar-refractivity contribution in [2.45, 2.75) is 30.8 Å². The lowest BCUT2D eigenvalue weighted by atomic mass is 10.1. The normalized spacial score (nSPS) is 11.3. The molecule has 0 aliphatic heterocycles. The van der Waals surface area contributed by atoms with Crippen LogP contribution in [0.15, 0.2) is 80.4 Å². The Morgan fingerprint density at radius 1 is 1.06 bits per heavy atom. The third-order valence-corrected chi connectivity index (χ3v) is 7.29. The number of thiophene rings is 1. The van der Waals surface area contributed by atoms with Gasteiger partial charge in [-0.15, -0.1) is 21.5 Å². The summed E-state index contributed by atoms with van der Waals surface area (Å²) < 4.78 is 7.45. The number of fused-ring (bicyclic) bond motifs is 1. The Bertz CT molecular complexity index is 1460. The smallest absolute Gasteiger partial charge is 0.336 e. The first-order chi connectivity index (χ1) is 16.1. The fourth-order valence-corrected chi connectivity index (χ4v) is 5.39. The Kier molecular flexibility index (Phi) is 6.02. The summed E-state index contributed by atoms with van der Waals surface area (Å²) in [5, 5.41) is 22.8. The van der Waals surface area contributed by atoms with Gasteiger partial charge in [0, 0.05) is 23.3 Å². The van der Waals surface area contributed by atoms with Crippen molar-refractivity contribution < 1.29 is 9.52 Å². The summed E-state index contributed by atoms with van der Waals surface area (Å²) in [5.74, 6) is 1.49. The molecule has 166 valence electrons. The molecule has 0 saturated carbocycles. The molecular weight excluding hydrogens is 454 g/mol. The second-order valence-electron chi connectivity index (χ2n) is 7.57. The highest BCUT2D eigenvalue weighted by Crippen LogP contribution is 2.32. The van der Waals surface area contributed by atoms with Gasteiger partial charge in [-0.05, 0) is 40.6 Å². The molecule has 0 amide bonds. The number of hydrogen-bond acceptors (Lipinski definition) is 7. The van der Waals surface area contributed by atoms with Gasteiger partial charge in [0.25, 0.3) is 0 Å². The molecule has 2 aromatic carbocycles. The number of rotatable bonds is 7. The molecule has 0 spiro atoms. The van der Waals surface area contributed by atoms with Crippen molar-refractivity contribution in [3.8, 4) is 16.5 Å². The van der Waals surface area contributed by atoms with Crippen LogP contribution in [0.1, 0.15) is 23.6 Å². The van der Waals surface area contributed by atoms with E-state index in [0.717, 1.165) is 37.9 Å². The number of aromatic nitrogens is 3. The van der Waals surface area contributed by atoms with Crippen LogP contribution < -0.4 is 5.63 Å². The molecular formula is C25H21N3O3S2.